The van der Waals surface area contributed by atoms with Crippen molar-refractivity contribution in [2.75, 3.05) is 6.61 Å². The molecule has 70 valence electrons. The first-order valence-corrected chi connectivity index (χ1v) is 3.88. The minimum absolute atomic E-state index is 0.131. The fraction of sp³-hybridized carbons (Fsp3) is 0.375. The summed E-state index contributed by atoms with van der Waals surface area (Å²) >= 11 is 0. The van der Waals surface area contributed by atoms with Crippen molar-refractivity contribution in [3.8, 4) is 5.88 Å². The molecule has 0 saturated carbocycles. The quantitative estimate of drug-likeness (QED) is 0.734. The summed E-state index contributed by atoms with van der Waals surface area (Å²) in [5, 5.41) is 8.48. The molecule has 0 aliphatic carbocycles. The zero-order valence-corrected chi connectivity index (χ0v) is 7.23. The first kappa shape index (κ1) is 9.44. The highest BCUT2D eigenvalue weighted by atomic mass is 16.5. The molecule has 0 aliphatic heterocycles. The second-order valence-electron chi connectivity index (χ2n) is 2.35. The van der Waals surface area contributed by atoms with E-state index in [9.17, 15) is 4.79 Å². The molecule has 0 saturated heterocycles. The van der Waals surface area contributed by atoms with E-state index in [1.807, 2.05) is 6.92 Å². The lowest BCUT2D eigenvalue weighted by Gasteiger charge is -2.01. The molecule has 1 heterocycles. The maximum Gasteiger partial charge on any atom is 0.309 e. The molecule has 0 atom stereocenters. The van der Waals surface area contributed by atoms with E-state index < -0.39 is 5.97 Å². The Labute approximate surface area is 75.4 Å². The van der Waals surface area contributed by atoms with Crippen LogP contribution in [-0.4, -0.2) is 27.7 Å². The smallest absolute Gasteiger partial charge is 0.309 e. The van der Waals surface area contributed by atoms with E-state index in [0.29, 0.717) is 18.2 Å². The fourth-order valence-electron chi connectivity index (χ4n) is 0.844. The van der Waals surface area contributed by atoms with Gasteiger partial charge < -0.3 is 9.84 Å². The van der Waals surface area contributed by atoms with Gasteiger partial charge >= 0.3 is 5.97 Å². The van der Waals surface area contributed by atoms with Crippen LogP contribution in [0.25, 0.3) is 0 Å². The Morgan fingerprint density at radius 3 is 3.00 bits per heavy atom. The molecule has 1 N–H and O–H groups in total. The topological polar surface area (TPSA) is 72.3 Å². The van der Waals surface area contributed by atoms with Gasteiger partial charge in [-0.15, -0.1) is 0 Å². The summed E-state index contributed by atoms with van der Waals surface area (Å²) in [4.78, 5) is 18.1. The van der Waals surface area contributed by atoms with Gasteiger partial charge in [-0.05, 0) is 6.92 Å². The van der Waals surface area contributed by atoms with Crippen molar-refractivity contribution in [1.82, 2.24) is 9.97 Å². The average Bonchev–Trinajstić information content (AvgIpc) is 2.04. The highest BCUT2D eigenvalue weighted by molar-refractivity contribution is 5.69. The van der Waals surface area contributed by atoms with E-state index >= 15 is 0 Å². The van der Waals surface area contributed by atoms with Crippen LogP contribution in [0, 0.1) is 0 Å². The van der Waals surface area contributed by atoms with Crippen LogP contribution in [0.5, 0.6) is 5.88 Å². The van der Waals surface area contributed by atoms with Crippen LogP contribution < -0.4 is 4.74 Å². The molecule has 0 bridgehead atoms. The molecule has 0 aliphatic rings. The average molecular weight is 182 g/mol. The summed E-state index contributed by atoms with van der Waals surface area (Å²) in [7, 11) is 0. The third-order valence-electron chi connectivity index (χ3n) is 1.29. The van der Waals surface area contributed by atoms with Gasteiger partial charge in [0.2, 0.25) is 5.88 Å². The van der Waals surface area contributed by atoms with E-state index in [0.717, 1.165) is 0 Å². The third-order valence-corrected chi connectivity index (χ3v) is 1.29. The van der Waals surface area contributed by atoms with Crippen molar-refractivity contribution >= 4 is 5.97 Å². The number of carboxylic acids is 1. The van der Waals surface area contributed by atoms with Crippen LogP contribution in [0.1, 0.15) is 12.6 Å². The number of aromatic nitrogens is 2. The number of carbonyl (C=O) groups is 1. The van der Waals surface area contributed by atoms with E-state index in [1.165, 1.54) is 12.4 Å². The standard InChI is InChI=1S/C8H10N2O3/c1-2-13-7-5-9-4-6(10-7)3-8(11)12/h4-5H,2-3H2,1H3,(H,11,12). The molecule has 0 unspecified atom stereocenters. The molecule has 0 fully saturated rings. The predicted octanol–water partition coefficient (Wildman–Crippen LogP) is 0.502. The molecule has 0 amide bonds. The summed E-state index contributed by atoms with van der Waals surface area (Å²) in [6, 6.07) is 0. The van der Waals surface area contributed by atoms with Gasteiger partial charge in [-0.1, -0.05) is 0 Å². The lowest BCUT2D eigenvalue weighted by atomic mass is 10.3. The van der Waals surface area contributed by atoms with Crippen molar-refractivity contribution in [2.24, 2.45) is 0 Å². The molecule has 0 radical (unpaired) electrons. The Balaban J connectivity index is 2.73. The van der Waals surface area contributed by atoms with Crippen LogP contribution in [0.15, 0.2) is 12.4 Å². The van der Waals surface area contributed by atoms with E-state index in [1.54, 1.807) is 0 Å². The Morgan fingerprint density at radius 2 is 2.38 bits per heavy atom. The Hall–Kier alpha value is -1.65. The van der Waals surface area contributed by atoms with E-state index in [-0.39, 0.29) is 6.42 Å². The van der Waals surface area contributed by atoms with Gasteiger partial charge in [-0.25, -0.2) is 4.98 Å². The second kappa shape index (κ2) is 4.39. The number of carboxylic acid groups (broad SMARTS) is 1. The summed E-state index contributed by atoms with van der Waals surface area (Å²) < 4.78 is 5.06. The van der Waals surface area contributed by atoms with Crippen LogP contribution in [0.4, 0.5) is 0 Å². The van der Waals surface area contributed by atoms with Crippen molar-refractivity contribution in [3.05, 3.63) is 18.1 Å². The van der Waals surface area contributed by atoms with Gasteiger partial charge in [0, 0.05) is 6.20 Å². The van der Waals surface area contributed by atoms with Gasteiger partial charge in [0.15, 0.2) is 0 Å². The van der Waals surface area contributed by atoms with Crippen molar-refractivity contribution in [1.29, 1.82) is 0 Å². The normalized spacial score (nSPS) is 9.62. The molecule has 1 rings (SSSR count). The monoisotopic (exact) mass is 182 g/mol. The van der Waals surface area contributed by atoms with Gasteiger partial charge in [0.25, 0.3) is 0 Å². The largest absolute Gasteiger partial charge is 0.481 e. The van der Waals surface area contributed by atoms with Gasteiger partial charge in [-0.3, -0.25) is 9.78 Å². The van der Waals surface area contributed by atoms with Crippen LogP contribution in [0.2, 0.25) is 0 Å². The van der Waals surface area contributed by atoms with Crippen LogP contribution in [-0.2, 0) is 11.2 Å². The Bertz CT molecular complexity index is 301. The number of ether oxygens (including phenoxy) is 1. The van der Waals surface area contributed by atoms with Crippen molar-refractivity contribution < 1.29 is 14.6 Å². The second-order valence-corrected chi connectivity index (χ2v) is 2.35. The highest BCUT2D eigenvalue weighted by Crippen LogP contribution is 2.05. The number of aliphatic carboxylic acids is 1. The molecule has 1 aromatic rings. The lowest BCUT2D eigenvalue weighted by Crippen LogP contribution is -2.04. The summed E-state index contributed by atoms with van der Waals surface area (Å²) in [5.41, 5.74) is 0.401. The Morgan fingerprint density at radius 1 is 1.62 bits per heavy atom. The fourth-order valence-corrected chi connectivity index (χ4v) is 0.844. The zero-order valence-electron chi connectivity index (χ0n) is 7.23. The first-order valence-electron chi connectivity index (χ1n) is 3.88. The molecular formula is C8H10N2O3. The molecule has 0 aromatic carbocycles. The summed E-state index contributed by atoms with van der Waals surface area (Å²) in [6.07, 6.45) is 2.74. The van der Waals surface area contributed by atoms with E-state index in [2.05, 4.69) is 9.97 Å². The van der Waals surface area contributed by atoms with Gasteiger partial charge in [0.1, 0.15) is 0 Å². The summed E-state index contributed by atoms with van der Waals surface area (Å²) in [5.74, 6) is -0.566. The minimum atomic E-state index is -0.928. The van der Waals surface area contributed by atoms with Crippen LogP contribution >= 0.6 is 0 Å². The van der Waals surface area contributed by atoms with Crippen molar-refractivity contribution in [2.45, 2.75) is 13.3 Å². The molecule has 13 heavy (non-hydrogen) atoms. The van der Waals surface area contributed by atoms with Crippen LogP contribution in [0.3, 0.4) is 0 Å². The predicted molar refractivity (Wildman–Crippen MR) is 44.5 cm³/mol. The molecule has 5 heteroatoms. The number of nitrogens with zero attached hydrogens (tertiary/aromatic N) is 2. The maximum atomic E-state index is 10.3. The third kappa shape index (κ3) is 3.06. The van der Waals surface area contributed by atoms with E-state index in [4.69, 9.17) is 9.84 Å². The number of hydrogen-bond acceptors (Lipinski definition) is 4. The molecule has 1 aromatic heterocycles. The first-order chi connectivity index (χ1) is 6.22. The van der Waals surface area contributed by atoms with Gasteiger partial charge in [0.05, 0.1) is 24.9 Å². The van der Waals surface area contributed by atoms with Crippen molar-refractivity contribution in [3.63, 3.8) is 0 Å². The zero-order chi connectivity index (χ0) is 9.68. The SMILES string of the molecule is CCOc1cncc(CC(=O)O)n1. The molecular weight excluding hydrogens is 172 g/mol. The number of rotatable bonds is 4. The highest BCUT2D eigenvalue weighted by Gasteiger charge is 2.03. The number of hydrogen-bond donors (Lipinski definition) is 1. The Kier molecular flexibility index (Phi) is 3.19. The minimum Gasteiger partial charge on any atom is -0.481 e. The van der Waals surface area contributed by atoms with Gasteiger partial charge in [-0.2, -0.15) is 0 Å². The lowest BCUT2D eigenvalue weighted by molar-refractivity contribution is -0.136. The molecule has 0 spiro atoms. The molecule has 5 nitrogen and oxygen atoms in total. The summed E-state index contributed by atoms with van der Waals surface area (Å²) in [6.45, 7) is 2.32. The maximum absolute atomic E-state index is 10.3.